The van der Waals surface area contributed by atoms with Gasteiger partial charge in [0.15, 0.2) is 0 Å². The van der Waals surface area contributed by atoms with Crippen molar-refractivity contribution in [2.24, 2.45) is 0 Å². The van der Waals surface area contributed by atoms with Gasteiger partial charge < -0.3 is 25.0 Å². The van der Waals surface area contributed by atoms with Crippen LogP contribution in [0.4, 0.5) is 4.79 Å². The predicted molar refractivity (Wildman–Crippen MR) is 96.5 cm³/mol. The van der Waals surface area contributed by atoms with Gasteiger partial charge in [0, 0.05) is 26.2 Å². The lowest BCUT2D eigenvalue weighted by Gasteiger charge is -2.47. The first kappa shape index (κ1) is 18.7. The number of piperidine rings is 1. The molecule has 0 unspecified atom stereocenters. The Kier molecular flexibility index (Phi) is 5.78. The van der Waals surface area contributed by atoms with Crippen molar-refractivity contribution in [3.8, 4) is 0 Å². The average molecular weight is 361 g/mol. The van der Waals surface area contributed by atoms with Gasteiger partial charge in [0.1, 0.15) is 5.60 Å². The Morgan fingerprint density at radius 2 is 1.85 bits per heavy atom. The molecule has 3 amide bonds. The monoisotopic (exact) mass is 361 g/mol. The number of hydrogen-bond donors (Lipinski definition) is 2. The minimum absolute atomic E-state index is 0.0689. The Morgan fingerprint density at radius 1 is 1.19 bits per heavy atom. The zero-order valence-electron chi connectivity index (χ0n) is 15.2. The Balaban J connectivity index is 1.41. The number of ether oxygens (including phenoxy) is 1. The van der Waals surface area contributed by atoms with Crippen LogP contribution < -0.4 is 5.32 Å². The molecule has 1 aromatic carbocycles. The first-order valence-corrected chi connectivity index (χ1v) is 9.12. The fourth-order valence-corrected chi connectivity index (χ4v) is 3.55. The summed E-state index contributed by atoms with van der Waals surface area (Å²) in [6, 6.07) is 9.36. The van der Waals surface area contributed by atoms with Gasteiger partial charge in [0.2, 0.25) is 5.91 Å². The van der Waals surface area contributed by atoms with Crippen molar-refractivity contribution in [3.63, 3.8) is 0 Å². The number of carbonyl (C=O) groups is 2. The number of likely N-dealkylation sites (tertiary alicyclic amines) is 2. The second-order valence-corrected chi connectivity index (χ2v) is 7.10. The summed E-state index contributed by atoms with van der Waals surface area (Å²) in [6.45, 7) is 2.35. The minimum atomic E-state index is -0.949. The number of amides is 3. The van der Waals surface area contributed by atoms with E-state index >= 15 is 0 Å². The van der Waals surface area contributed by atoms with E-state index in [1.54, 1.807) is 12.0 Å². The van der Waals surface area contributed by atoms with Crippen LogP contribution in [-0.2, 0) is 15.1 Å². The lowest BCUT2D eigenvalue weighted by atomic mass is 9.86. The molecule has 142 valence electrons. The number of benzene rings is 1. The van der Waals surface area contributed by atoms with Crippen LogP contribution in [0.3, 0.4) is 0 Å². The molecule has 0 aromatic heterocycles. The van der Waals surface area contributed by atoms with E-state index in [0.29, 0.717) is 39.2 Å². The first-order chi connectivity index (χ1) is 12.5. The van der Waals surface area contributed by atoms with E-state index in [-0.39, 0.29) is 18.0 Å². The van der Waals surface area contributed by atoms with Gasteiger partial charge in [-0.1, -0.05) is 30.3 Å². The van der Waals surface area contributed by atoms with Crippen LogP contribution in [0.25, 0.3) is 0 Å². The van der Waals surface area contributed by atoms with E-state index < -0.39 is 5.60 Å². The molecule has 2 aliphatic rings. The molecule has 7 heteroatoms. The average Bonchev–Trinajstić information content (AvgIpc) is 2.64. The SMILES string of the molecule is COCCC(=O)N1CCC(NC(=O)N2CC(O)(c3ccccc3)C2)CC1. The highest BCUT2D eigenvalue weighted by atomic mass is 16.5. The Hall–Kier alpha value is -2.12. The quantitative estimate of drug-likeness (QED) is 0.817. The van der Waals surface area contributed by atoms with Gasteiger partial charge in [-0.25, -0.2) is 4.79 Å². The van der Waals surface area contributed by atoms with Gasteiger partial charge >= 0.3 is 6.03 Å². The second kappa shape index (κ2) is 8.05. The zero-order chi connectivity index (χ0) is 18.6. The highest BCUT2D eigenvalue weighted by Gasteiger charge is 2.45. The second-order valence-electron chi connectivity index (χ2n) is 7.10. The van der Waals surface area contributed by atoms with Gasteiger partial charge in [0.25, 0.3) is 0 Å². The van der Waals surface area contributed by atoms with E-state index in [4.69, 9.17) is 4.74 Å². The molecule has 3 rings (SSSR count). The summed E-state index contributed by atoms with van der Waals surface area (Å²) in [4.78, 5) is 27.8. The van der Waals surface area contributed by atoms with Crippen LogP contribution in [-0.4, -0.2) is 72.8 Å². The Bertz CT molecular complexity index is 623. The Morgan fingerprint density at radius 3 is 2.46 bits per heavy atom. The van der Waals surface area contributed by atoms with Gasteiger partial charge in [0.05, 0.1) is 26.1 Å². The van der Waals surface area contributed by atoms with Crippen LogP contribution in [0.15, 0.2) is 30.3 Å². The molecule has 2 aliphatic heterocycles. The number of methoxy groups -OCH3 is 1. The molecule has 2 heterocycles. The highest BCUT2D eigenvalue weighted by Crippen LogP contribution is 2.31. The van der Waals surface area contributed by atoms with Crippen molar-refractivity contribution in [1.82, 2.24) is 15.1 Å². The molecule has 2 N–H and O–H groups in total. The molecule has 0 bridgehead atoms. The Labute approximate surface area is 153 Å². The summed E-state index contributed by atoms with van der Waals surface area (Å²) >= 11 is 0. The molecule has 26 heavy (non-hydrogen) atoms. The number of β-amino-alcohol motifs (C(OH)–C–C–N with tert-alkyl or cyclic N) is 1. The molecule has 1 aromatic rings. The van der Waals surface area contributed by atoms with E-state index in [2.05, 4.69) is 5.32 Å². The fraction of sp³-hybridized carbons (Fsp3) is 0.579. The van der Waals surface area contributed by atoms with Crippen LogP contribution in [0.5, 0.6) is 0 Å². The van der Waals surface area contributed by atoms with Gasteiger partial charge in [-0.05, 0) is 18.4 Å². The lowest BCUT2D eigenvalue weighted by Crippen LogP contribution is -2.64. The number of nitrogens with one attached hydrogen (secondary N) is 1. The summed E-state index contributed by atoms with van der Waals surface area (Å²) < 4.78 is 4.94. The van der Waals surface area contributed by atoms with Gasteiger partial charge in [-0.3, -0.25) is 4.79 Å². The molecule has 2 saturated heterocycles. The molecular formula is C19H27N3O4. The van der Waals surface area contributed by atoms with Gasteiger partial charge in [-0.15, -0.1) is 0 Å². The van der Waals surface area contributed by atoms with Gasteiger partial charge in [-0.2, -0.15) is 0 Å². The highest BCUT2D eigenvalue weighted by molar-refractivity contribution is 5.77. The third-order valence-electron chi connectivity index (χ3n) is 5.20. The summed E-state index contributed by atoms with van der Waals surface area (Å²) in [7, 11) is 1.59. The maximum Gasteiger partial charge on any atom is 0.317 e. The molecule has 7 nitrogen and oxygen atoms in total. The summed E-state index contributed by atoms with van der Waals surface area (Å²) in [5, 5.41) is 13.6. The van der Waals surface area contributed by atoms with Crippen molar-refractivity contribution in [2.45, 2.75) is 30.9 Å². The topological polar surface area (TPSA) is 82.1 Å². The molecule has 0 radical (unpaired) electrons. The lowest BCUT2D eigenvalue weighted by molar-refractivity contribution is -0.133. The van der Waals surface area contributed by atoms with E-state index in [9.17, 15) is 14.7 Å². The van der Waals surface area contributed by atoms with Crippen LogP contribution in [0.2, 0.25) is 0 Å². The van der Waals surface area contributed by atoms with Crippen LogP contribution in [0, 0.1) is 0 Å². The maximum absolute atomic E-state index is 12.4. The molecule has 0 spiro atoms. The molecule has 0 atom stereocenters. The molecular weight excluding hydrogens is 334 g/mol. The third-order valence-corrected chi connectivity index (χ3v) is 5.20. The fourth-order valence-electron chi connectivity index (χ4n) is 3.55. The zero-order valence-corrected chi connectivity index (χ0v) is 15.2. The van der Waals surface area contributed by atoms with E-state index in [1.165, 1.54) is 0 Å². The van der Waals surface area contributed by atoms with Crippen molar-refractivity contribution >= 4 is 11.9 Å². The summed E-state index contributed by atoms with van der Waals surface area (Å²) in [5.41, 5.74) is -0.109. The molecule has 0 aliphatic carbocycles. The summed E-state index contributed by atoms with van der Waals surface area (Å²) in [6.07, 6.45) is 1.90. The normalized spacial score (nSPS) is 19.8. The number of rotatable bonds is 5. The third kappa shape index (κ3) is 4.16. The number of urea groups is 1. The van der Waals surface area contributed by atoms with E-state index in [1.807, 2.05) is 35.2 Å². The van der Waals surface area contributed by atoms with Crippen LogP contribution in [0.1, 0.15) is 24.8 Å². The van der Waals surface area contributed by atoms with Crippen molar-refractivity contribution < 1.29 is 19.4 Å². The number of nitrogens with zero attached hydrogens (tertiary/aromatic N) is 2. The maximum atomic E-state index is 12.4. The number of hydrogen-bond acceptors (Lipinski definition) is 4. The van der Waals surface area contributed by atoms with E-state index in [0.717, 1.165) is 18.4 Å². The standard InChI is InChI=1S/C19H27N3O4/c1-26-12-9-17(23)21-10-7-16(8-11-21)20-18(24)22-13-19(25,14-22)15-5-3-2-4-6-15/h2-6,16,25H,7-14H2,1H3,(H,20,24). The first-order valence-electron chi connectivity index (χ1n) is 9.12. The molecule has 0 saturated carbocycles. The van der Waals surface area contributed by atoms with Crippen molar-refractivity contribution in [3.05, 3.63) is 35.9 Å². The largest absolute Gasteiger partial charge is 0.384 e. The smallest absolute Gasteiger partial charge is 0.317 e. The summed E-state index contributed by atoms with van der Waals surface area (Å²) in [5.74, 6) is 0.104. The van der Waals surface area contributed by atoms with Crippen LogP contribution >= 0.6 is 0 Å². The number of carbonyl (C=O) groups excluding carboxylic acids is 2. The number of aliphatic hydroxyl groups is 1. The molecule has 2 fully saturated rings. The predicted octanol–water partition coefficient (Wildman–Crippen LogP) is 0.927. The van der Waals surface area contributed by atoms with Crippen molar-refractivity contribution in [2.75, 3.05) is 39.9 Å². The van der Waals surface area contributed by atoms with Crippen molar-refractivity contribution in [1.29, 1.82) is 0 Å². The minimum Gasteiger partial charge on any atom is -0.384 e.